The van der Waals surface area contributed by atoms with E-state index >= 15 is 0 Å². The zero-order chi connectivity index (χ0) is 14.3. The van der Waals surface area contributed by atoms with E-state index in [1.54, 1.807) is 0 Å². The third-order valence-corrected chi connectivity index (χ3v) is 4.66. The molecule has 2 nitrogen and oxygen atoms in total. The second kappa shape index (κ2) is 5.05. The zero-order valence-corrected chi connectivity index (χ0v) is 13.5. The highest BCUT2D eigenvalue weighted by Crippen LogP contribution is 2.41. The summed E-state index contributed by atoms with van der Waals surface area (Å²) >= 11 is 3.47. The highest BCUT2D eigenvalue weighted by Gasteiger charge is 2.33. The van der Waals surface area contributed by atoms with Gasteiger partial charge in [-0.2, -0.15) is 0 Å². The number of rotatable bonds is 2. The fourth-order valence-electron chi connectivity index (χ4n) is 3.12. The standard InChI is InChI=1S/C17H20BrNO/c1-17(2)9-15-14(16(20)10-17)7-8-19(15)11-12-3-5-13(18)6-4-12/h3-8,16,20H,9-11H2,1-2H3. The Kier molecular flexibility index (Phi) is 3.51. The maximum atomic E-state index is 10.3. The highest BCUT2D eigenvalue weighted by atomic mass is 79.9. The molecule has 1 heterocycles. The maximum Gasteiger partial charge on any atom is 0.0812 e. The number of hydrogen-bond donors (Lipinski definition) is 1. The average Bonchev–Trinajstić information content (AvgIpc) is 2.74. The molecule has 1 unspecified atom stereocenters. The van der Waals surface area contributed by atoms with Gasteiger partial charge in [-0.3, -0.25) is 0 Å². The van der Waals surface area contributed by atoms with Crippen molar-refractivity contribution in [1.82, 2.24) is 4.57 Å². The van der Waals surface area contributed by atoms with Gasteiger partial charge >= 0.3 is 0 Å². The molecule has 0 saturated carbocycles. The lowest BCUT2D eigenvalue weighted by atomic mass is 9.75. The number of hydrogen-bond acceptors (Lipinski definition) is 1. The molecular weight excluding hydrogens is 314 g/mol. The monoisotopic (exact) mass is 333 g/mol. The van der Waals surface area contributed by atoms with E-state index in [2.05, 4.69) is 70.9 Å². The minimum atomic E-state index is -0.320. The van der Waals surface area contributed by atoms with Gasteiger partial charge in [0.2, 0.25) is 0 Å². The van der Waals surface area contributed by atoms with Crippen LogP contribution in [0.3, 0.4) is 0 Å². The van der Waals surface area contributed by atoms with Crippen molar-refractivity contribution < 1.29 is 5.11 Å². The van der Waals surface area contributed by atoms with E-state index in [4.69, 9.17) is 0 Å². The Balaban J connectivity index is 1.91. The van der Waals surface area contributed by atoms with Crippen LogP contribution in [0.5, 0.6) is 0 Å². The summed E-state index contributed by atoms with van der Waals surface area (Å²) in [5.74, 6) is 0. The highest BCUT2D eigenvalue weighted by molar-refractivity contribution is 9.10. The van der Waals surface area contributed by atoms with Gasteiger partial charge in [0, 0.05) is 28.5 Å². The molecule has 106 valence electrons. The molecule has 0 fully saturated rings. The van der Waals surface area contributed by atoms with Crippen LogP contribution in [-0.2, 0) is 13.0 Å². The molecule has 0 amide bonds. The molecule has 1 aliphatic rings. The maximum absolute atomic E-state index is 10.3. The fourth-order valence-corrected chi connectivity index (χ4v) is 3.39. The molecule has 0 saturated heterocycles. The normalized spacial score (nSPS) is 20.7. The molecule has 3 rings (SSSR count). The predicted molar refractivity (Wildman–Crippen MR) is 84.7 cm³/mol. The summed E-state index contributed by atoms with van der Waals surface area (Å²) in [5, 5.41) is 10.3. The van der Waals surface area contributed by atoms with Gasteiger partial charge in [0.15, 0.2) is 0 Å². The largest absolute Gasteiger partial charge is 0.388 e. The summed E-state index contributed by atoms with van der Waals surface area (Å²) < 4.78 is 3.38. The molecule has 2 aromatic rings. The van der Waals surface area contributed by atoms with Crippen molar-refractivity contribution in [2.75, 3.05) is 0 Å². The third-order valence-electron chi connectivity index (χ3n) is 4.13. The minimum Gasteiger partial charge on any atom is -0.388 e. The first-order chi connectivity index (χ1) is 9.44. The first kappa shape index (κ1) is 13.9. The van der Waals surface area contributed by atoms with E-state index in [0.717, 1.165) is 29.4 Å². The predicted octanol–water partition coefficient (Wildman–Crippen LogP) is 4.30. The van der Waals surface area contributed by atoms with Crippen molar-refractivity contribution in [1.29, 1.82) is 0 Å². The van der Waals surface area contributed by atoms with Crippen LogP contribution in [0.15, 0.2) is 41.0 Å². The molecule has 0 aliphatic heterocycles. The summed E-state index contributed by atoms with van der Waals surface area (Å²) in [7, 11) is 0. The molecule has 0 bridgehead atoms. The Morgan fingerprint density at radius 2 is 1.95 bits per heavy atom. The summed E-state index contributed by atoms with van der Waals surface area (Å²) in [6, 6.07) is 10.5. The Labute approximate surface area is 128 Å². The molecule has 0 radical (unpaired) electrons. The third kappa shape index (κ3) is 2.70. The van der Waals surface area contributed by atoms with Crippen LogP contribution in [0.4, 0.5) is 0 Å². The Morgan fingerprint density at radius 3 is 2.65 bits per heavy atom. The van der Waals surface area contributed by atoms with Gasteiger partial charge in [-0.15, -0.1) is 0 Å². The number of aliphatic hydroxyl groups excluding tert-OH is 1. The van der Waals surface area contributed by atoms with Crippen molar-refractivity contribution in [3.63, 3.8) is 0 Å². The van der Waals surface area contributed by atoms with Crippen molar-refractivity contribution >= 4 is 15.9 Å². The second-order valence-electron chi connectivity index (χ2n) is 6.53. The molecule has 1 aliphatic carbocycles. The second-order valence-corrected chi connectivity index (χ2v) is 7.45. The van der Waals surface area contributed by atoms with Gasteiger partial charge in [-0.25, -0.2) is 0 Å². The summed E-state index contributed by atoms with van der Waals surface area (Å²) in [6.45, 7) is 5.33. The topological polar surface area (TPSA) is 25.2 Å². The van der Waals surface area contributed by atoms with Gasteiger partial charge in [0.1, 0.15) is 0 Å². The van der Waals surface area contributed by atoms with Crippen molar-refractivity contribution in [2.45, 2.75) is 39.3 Å². The Morgan fingerprint density at radius 1 is 1.25 bits per heavy atom. The number of aliphatic hydroxyl groups is 1. The minimum absolute atomic E-state index is 0.169. The molecule has 1 atom stereocenters. The lowest BCUT2D eigenvalue weighted by Crippen LogP contribution is -2.26. The molecule has 3 heteroatoms. The Bertz CT molecular complexity index is 612. The number of aromatic nitrogens is 1. The van der Waals surface area contributed by atoms with Crippen LogP contribution in [-0.4, -0.2) is 9.67 Å². The number of halogens is 1. The van der Waals surface area contributed by atoms with Crippen LogP contribution in [0, 0.1) is 5.41 Å². The molecule has 1 aromatic carbocycles. The van der Waals surface area contributed by atoms with E-state index in [0.29, 0.717) is 0 Å². The van der Waals surface area contributed by atoms with E-state index in [9.17, 15) is 5.11 Å². The van der Waals surface area contributed by atoms with Gasteiger partial charge in [0.25, 0.3) is 0 Å². The molecule has 0 spiro atoms. The van der Waals surface area contributed by atoms with Crippen LogP contribution in [0.25, 0.3) is 0 Å². The number of nitrogens with zero attached hydrogens (tertiary/aromatic N) is 1. The first-order valence-corrected chi connectivity index (χ1v) is 7.84. The summed E-state index contributed by atoms with van der Waals surface area (Å²) in [5.41, 5.74) is 3.85. The van der Waals surface area contributed by atoms with E-state index in [1.165, 1.54) is 11.3 Å². The zero-order valence-electron chi connectivity index (χ0n) is 11.9. The van der Waals surface area contributed by atoms with E-state index < -0.39 is 0 Å². The van der Waals surface area contributed by atoms with E-state index in [-0.39, 0.29) is 11.5 Å². The van der Waals surface area contributed by atoms with Crippen LogP contribution in [0.1, 0.15) is 43.2 Å². The van der Waals surface area contributed by atoms with E-state index in [1.807, 2.05) is 0 Å². The van der Waals surface area contributed by atoms with Crippen molar-refractivity contribution in [2.24, 2.45) is 5.41 Å². The number of benzene rings is 1. The van der Waals surface area contributed by atoms with Crippen LogP contribution >= 0.6 is 15.9 Å². The molecule has 20 heavy (non-hydrogen) atoms. The first-order valence-electron chi connectivity index (χ1n) is 7.05. The quantitative estimate of drug-likeness (QED) is 0.870. The van der Waals surface area contributed by atoms with Crippen LogP contribution < -0.4 is 0 Å². The van der Waals surface area contributed by atoms with Crippen LogP contribution in [0.2, 0.25) is 0 Å². The smallest absolute Gasteiger partial charge is 0.0812 e. The van der Waals surface area contributed by atoms with Gasteiger partial charge < -0.3 is 9.67 Å². The fraction of sp³-hybridized carbons (Fsp3) is 0.412. The van der Waals surface area contributed by atoms with Crippen molar-refractivity contribution in [3.05, 3.63) is 57.8 Å². The lowest BCUT2D eigenvalue weighted by Gasteiger charge is -2.34. The number of fused-ring (bicyclic) bond motifs is 1. The van der Waals surface area contributed by atoms with Gasteiger partial charge in [-0.1, -0.05) is 41.9 Å². The molecule has 1 N–H and O–H groups in total. The van der Waals surface area contributed by atoms with Gasteiger partial charge in [0.05, 0.1) is 6.10 Å². The summed E-state index contributed by atoms with van der Waals surface area (Å²) in [4.78, 5) is 0. The molecular formula is C17H20BrNO. The van der Waals surface area contributed by atoms with Gasteiger partial charge in [-0.05, 0) is 42.0 Å². The Hall–Kier alpha value is -1.06. The SMILES string of the molecule is CC1(C)Cc2c(ccn2Cc2ccc(Br)cc2)C(O)C1. The average molecular weight is 334 g/mol. The summed E-state index contributed by atoms with van der Waals surface area (Å²) in [6.07, 6.45) is 3.67. The van der Waals surface area contributed by atoms with Crippen molar-refractivity contribution in [3.8, 4) is 0 Å². The lowest BCUT2D eigenvalue weighted by molar-refractivity contribution is 0.0981. The molecule has 1 aromatic heterocycles.